The van der Waals surface area contributed by atoms with Crippen molar-refractivity contribution in [1.29, 1.82) is 0 Å². The molecule has 1 saturated heterocycles. The van der Waals surface area contributed by atoms with Crippen molar-refractivity contribution in [3.63, 3.8) is 0 Å². The van der Waals surface area contributed by atoms with Crippen LogP contribution in [0.25, 0.3) is 11.0 Å². The number of hydrogen-bond acceptors (Lipinski definition) is 7. The van der Waals surface area contributed by atoms with Crippen molar-refractivity contribution >= 4 is 16.7 Å². The summed E-state index contributed by atoms with van der Waals surface area (Å²) >= 11 is 0. The average Bonchev–Trinajstić information content (AvgIpc) is 3.09. The molecule has 8 heteroatoms. The van der Waals surface area contributed by atoms with Gasteiger partial charge in [0.25, 0.3) is 0 Å². The molecule has 1 N–H and O–H groups in total. The second-order valence-electron chi connectivity index (χ2n) is 4.80. The lowest BCUT2D eigenvalue weighted by atomic mass is 10.1. The Hall–Kier alpha value is -2.22. The number of rotatable bonds is 5. The SMILES string of the molecule is O=[N+]([O-])c1ccc(OCCC2CCNC2)c2nonc12. The van der Waals surface area contributed by atoms with Crippen LogP contribution < -0.4 is 10.1 Å². The number of hydrogen-bond donors (Lipinski definition) is 1. The van der Waals surface area contributed by atoms with Crippen LogP contribution in [0.5, 0.6) is 5.75 Å². The van der Waals surface area contributed by atoms with E-state index >= 15 is 0 Å². The molecule has 1 fully saturated rings. The van der Waals surface area contributed by atoms with Crippen LogP contribution in [0.2, 0.25) is 0 Å². The van der Waals surface area contributed by atoms with Crippen molar-refractivity contribution in [3.8, 4) is 5.75 Å². The zero-order valence-electron chi connectivity index (χ0n) is 10.7. The van der Waals surface area contributed by atoms with E-state index in [1.54, 1.807) is 0 Å². The van der Waals surface area contributed by atoms with Crippen LogP contribution in [0.1, 0.15) is 12.8 Å². The lowest BCUT2D eigenvalue weighted by Gasteiger charge is -2.09. The third-order valence-corrected chi connectivity index (χ3v) is 3.50. The van der Waals surface area contributed by atoms with Gasteiger partial charge in [-0.3, -0.25) is 10.1 Å². The maximum Gasteiger partial charge on any atom is 0.301 e. The first-order valence-electron chi connectivity index (χ1n) is 6.49. The molecule has 1 aromatic heterocycles. The normalized spacial score (nSPS) is 18.5. The van der Waals surface area contributed by atoms with Crippen molar-refractivity contribution < 1.29 is 14.3 Å². The standard InChI is InChI=1S/C12H14N4O4/c17-16(18)9-1-2-10(12-11(9)14-20-15-12)19-6-4-8-3-5-13-7-8/h1-2,8,13H,3-7H2. The Labute approximate surface area is 114 Å². The van der Waals surface area contributed by atoms with Gasteiger partial charge in [-0.05, 0) is 48.2 Å². The molecule has 8 nitrogen and oxygen atoms in total. The Bertz CT molecular complexity index is 621. The third kappa shape index (κ3) is 2.42. The van der Waals surface area contributed by atoms with E-state index in [4.69, 9.17) is 4.74 Å². The molecule has 2 aromatic rings. The average molecular weight is 278 g/mol. The summed E-state index contributed by atoms with van der Waals surface area (Å²) < 4.78 is 10.2. The van der Waals surface area contributed by atoms with Crippen LogP contribution in [0.15, 0.2) is 16.8 Å². The zero-order valence-corrected chi connectivity index (χ0v) is 10.7. The van der Waals surface area contributed by atoms with Gasteiger partial charge in [0, 0.05) is 6.07 Å². The van der Waals surface area contributed by atoms with E-state index in [9.17, 15) is 10.1 Å². The van der Waals surface area contributed by atoms with Gasteiger partial charge in [0.15, 0.2) is 11.3 Å². The highest BCUT2D eigenvalue weighted by atomic mass is 16.6. The fourth-order valence-corrected chi connectivity index (χ4v) is 2.39. The molecule has 0 spiro atoms. The van der Waals surface area contributed by atoms with Gasteiger partial charge in [-0.15, -0.1) is 0 Å². The van der Waals surface area contributed by atoms with Crippen LogP contribution in [-0.2, 0) is 0 Å². The van der Waals surface area contributed by atoms with Gasteiger partial charge in [-0.1, -0.05) is 0 Å². The Balaban J connectivity index is 1.73. The topological polar surface area (TPSA) is 103 Å². The first-order valence-corrected chi connectivity index (χ1v) is 6.49. The van der Waals surface area contributed by atoms with E-state index in [1.165, 1.54) is 12.1 Å². The number of nitrogens with one attached hydrogen (secondary N) is 1. The summed E-state index contributed by atoms with van der Waals surface area (Å²) in [5.41, 5.74) is 0.285. The van der Waals surface area contributed by atoms with Crippen molar-refractivity contribution in [2.75, 3.05) is 19.7 Å². The Kier molecular flexibility index (Phi) is 3.46. The largest absolute Gasteiger partial charge is 0.491 e. The molecular weight excluding hydrogens is 264 g/mol. The van der Waals surface area contributed by atoms with Gasteiger partial charge < -0.3 is 10.1 Å². The molecule has 1 unspecified atom stereocenters. The molecule has 20 heavy (non-hydrogen) atoms. The maximum absolute atomic E-state index is 10.9. The van der Waals surface area contributed by atoms with E-state index in [0.717, 1.165) is 25.9 Å². The van der Waals surface area contributed by atoms with Gasteiger partial charge in [-0.25, -0.2) is 4.63 Å². The number of nitrogens with zero attached hydrogens (tertiary/aromatic N) is 3. The van der Waals surface area contributed by atoms with Crippen LogP contribution in [-0.4, -0.2) is 34.9 Å². The van der Waals surface area contributed by atoms with Gasteiger partial charge in [-0.2, -0.15) is 0 Å². The summed E-state index contributed by atoms with van der Waals surface area (Å²) in [6.07, 6.45) is 2.10. The highest BCUT2D eigenvalue weighted by Crippen LogP contribution is 2.30. The molecule has 1 aliphatic rings. The predicted molar refractivity (Wildman–Crippen MR) is 69.5 cm³/mol. The quantitative estimate of drug-likeness (QED) is 0.653. The lowest BCUT2D eigenvalue weighted by molar-refractivity contribution is -0.383. The van der Waals surface area contributed by atoms with Gasteiger partial charge >= 0.3 is 5.69 Å². The smallest absolute Gasteiger partial charge is 0.301 e. The van der Waals surface area contributed by atoms with Crippen molar-refractivity contribution in [2.24, 2.45) is 5.92 Å². The molecule has 3 rings (SSSR count). The molecule has 2 heterocycles. The zero-order chi connectivity index (χ0) is 13.9. The number of aromatic nitrogens is 2. The lowest BCUT2D eigenvalue weighted by Crippen LogP contribution is -2.11. The second kappa shape index (κ2) is 5.41. The van der Waals surface area contributed by atoms with Crippen molar-refractivity contribution in [1.82, 2.24) is 15.6 Å². The molecule has 0 radical (unpaired) electrons. The van der Waals surface area contributed by atoms with E-state index in [0.29, 0.717) is 23.8 Å². The summed E-state index contributed by atoms with van der Waals surface area (Å²) in [7, 11) is 0. The van der Waals surface area contributed by atoms with Crippen LogP contribution in [0.4, 0.5) is 5.69 Å². The van der Waals surface area contributed by atoms with E-state index in [1.807, 2.05) is 0 Å². The molecule has 0 bridgehead atoms. The Morgan fingerprint density at radius 2 is 2.30 bits per heavy atom. The fraction of sp³-hybridized carbons (Fsp3) is 0.500. The molecule has 0 saturated carbocycles. The molecule has 1 aromatic carbocycles. The van der Waals surface area contributed by atoms with Gasteiger partial charge in [0.2, 0.25) is 5.52 Å². The van der Waals surface area contributed by atoms with Crippen LogP contribution in [0.3, 0.4) is 0 Å². The predicted octanol–water partition coefficient (Wildman–Crippen LogP) is 1.51. The molecule has 0 amide bonds. The summed E-state index contributed by atoms with van der Waals surface area (Å²) in [6, 6.07) is 2.90. The fourth-order valence-electron chi connectivity index (χ4n) is 2.39. The summed E-state index contributed by atoms with van der Waals surface area (Å²) in [5.74, 6) is 1.09. The number of ether oxygens (including phenoxy) is 1. The number of nitro benzene ring substituents is 1. The molecule has 1 atom stereocenters. The first kappa shape index (κ1) is 12.8. The summed E-state index contributed by atoms with van der Waals surface area (Å²) in [5, 5.41) is 21.4. The Morgan fingerprint density at radius 1 is 1.45 bits per heavy atom. The van der Waals surface area contributed by atoms with Crippen molar-refractivity contribution in [2.45, 2.75) is 12.8 Å². The number of non-ortho nitro benzene ring substituents is 1. The third-order valence-electron chi connectivity index (χ3n) is 3.50. The highest BCUT2D eigenvalue weighted by molar-refractivity contribution is 5.88. The highest BCUT2D eigenvalue weighted by Gasteiger charge is 2.21. The number of benzene rings is 1. The number of fused-ring (bicyclic) bond motifs is 1. The minimum atomic E-state index is -0.513. The molecule has 106 valence electrons. The number of nitro groups is 1. The van der Waals surface area contributed by atoms with E-state index < -0.39 is 4.92 Å². The minimum absolute atomic E-state index is 0.120. The monoisotopic (exact) mass is 278 g/mol. The van der Waals surface area contributed by atoms with E-state index in [2.05, 4.69) is 20.3 Å². The summed E-state index contributed by atoms with van der Waals surface area (Å²) in [4.78, 5) is 10.3. The first-order chi connectivity index (χ1) is 9.75. The van der Waals surface area contributed by atoms with Crippen LogP contribution in [0, 0.1) is 16.0 Å². The molecular formula is C12H14N4O4. The van der Waals surface area contributed by atoms with E-state index in [-0.39, 0.29) is 11.2 Å². The molecule has 1 aliphatic heterocycles. The van der Waals surface area contributed by atoms with Crippen molar-refractivity contribution in [3.05, 3.63) is 22.2 Å². The van der Waals surface area contributed by atoms with Gasteiger partial charge in [0.1, 0.15) is 0 Å². The molecule has 0 aliphatic carbocycles. The van der Waals surface area contributed by atoms with Crippen LogP contribution >= 0.6 is 0 Å². The maximum atomic E-state index is 10.9. The Morgan fingerprint density at radius 3 is 3.05 bits per heavy atom. The summed E-state index contributed by atoms with van der Waals surface area (Å²) in [6.45, 7) is 2.62. The second-order valence-corrected chi connectivity index (χ2v) is 4.80. The minimum Gasteiger partial charge on any atom is -0.491 e. The van der Waals surface area contributed by atoms with Gasteiger partial charge in [0.05, 0.1) is 11.5 Å².